The summed E-state index contributed by atoms with van der Waals surface area (Å²) in [6, 6.07) is 8.66. The van der Waals surface area contributed by atoms with E-state index in [0.717, 1.165) is 19.6 Å². The smallest absolute Gasteiger partial charge is 0.0528 e. The van der Waals surface area contributed by atoms with Crippen molar-refractivity contribution in [2.75, 3.05) is 6.54 Å². The quantitative estimate of drug-likeness (QED) is 0.593. The highest BCUT2D eigenvalue weighted by molar-refractivity contribution is 5.83. The van der Waals surface area contributed by atoms with Gasteiger partial charge in [0.2, 0.25) is 0 Å². The van der Waals surface area contributed by atoms with Gasteiger partial charge in [-0.15, -0.1) is 6.58 Å². The zero-order valence-electron chi connectivity index (χ0n) is 10.4. The van der Waals surface area contributed by atoms with Gasteiger partial charge in [0.1, 0.15) is 0 Å². The van der Waals surface area contributed by atoms with Crippen molar-refractivity contribution in [1.82, 2.24) is 9.88 Å². The summed E-state index contributed by atoms with van der Waals surface area (Å²) >= 11 is 0. The van der Waals surface area contributed by atoms with E-state index in [9.17, 15) is 0 Å². The van der Waals surface area contributed by atoms with E-state index >= 15 is 0 Å². The van der Waals surface area contributed by atoms with Crippen LogP contribution >= 0.6 is 0 Å². The number of para-hydroxylation sites is 1. The first-order valence-corrected chi connectivity index (χ1v) is 6.25. The molecule has 1 heterocycles. The highest BCUT2D eigenvalue weighted by Gasteiger charge is 2.04. The molecule has 1 aromatic carbocycles. The van der Waals surface area contributed by atoms with Crippen molar-refractivity contribution in [3.8, 4) is 0 Å². The van der Waals surface area contributed by atoms with Crippen molar-refractivity contribution >= 4 is 10.9 Å². The summed E-state index contributed by atoms with van der Waals surface area (Å²) in [5, 5.41) is 4.77. The maximum Gasteiger partial charge on any atom is 0.0528 e. The number of aromatic nitrogens is 1. The summed E-state index contributed by atoms with van der Waals surface area (Å²) in [4.78, 5) is 0. The molecule has 0 amide bonds. The minimum atomic E-state index is 0.869. The Hall–Kier alpha value is -1.54. The lowest BCUT2D eigenvalue weighted by atomic mass is 10.1. The number of rotatable bonds is 6. The number of hydrogen-bond donors (Lipinski definition) is 1. The first-order chi connectivity index (χ1) is 8.36. The van der Waals surface area contributed by atoms with E-state index in [2.05, 4.69) is 53.8 Å². The van der Waals surface area contributed by atoms with Gasteiger partial charge in [0, 0.05) is 19.3 Å². The van der Waals surface area contributed by atoms with Gasteiger partial charge in [0.25, 0.3) is 0 Å². The van der Waals surface area contributed by atoms with Crippen LogP contribution in [0.15, 0.2) is 43.1 Å². The molecule has 0 bridgehead atoms. The summed E-state index contributed by atoms with van der Waals surface area (Å²) in [7, 11) is 0. The monoisotopic (exact) mass is 228 g/mol. The van der Waals surface area contributed by atoms with Crippen molar-refractivity contribution in [2.24, 2.45) is 0 Å². The van der Waals surface area contributed by atoms with E-state index in [4.69, 9.17) is 0 Å². The van der Waals surface area contributed by atoms with Gasteiger partial charge < -0.3 is 9.88 Å². The number of fused-ring (bicyclic) bond motifs is 1. The predicted molar refractivity (Wildman–Crippen MR) is 74.1 cm³/mol. The standard InChI is InChI=1S/C15H20N2/c1-3-9-16-12-14-7-5-6-13-8-11-17(10-4-2)15(13)14/h4-8,11,16H,2-3,9-10,12H2,1H3. The number of allylic oxidation sites excluding steroid dienone is 1. The lowest BCUT2D eigenvalue weighted by molar-refractivity contribution is 0.675. The molecular weight excluding hydrogens is 208 g/mol. The fourth-order valence-corrected chi connectivity index (χ4v) is 2.17. The van der Waals surface area contributed by atoms with Gasteiger partial charge in [0.15, 0.2) is 0 Å². The second kappa shape index (κ2) is 5.69. The van der Waals surface area contributed by atoms with E-state index in [1.54, 1.807) is 0 Å². The molecule has 0 fully saturated rings. The Labute approximate surface area is 103 Å². The molecule has 1 aromatic heterocycles. The Morgan fingerprint density at radius 1 is 1.35 bits per heavy atom. The molecule has 1 N–H and O–H groups in total. The average molecular weight is 228 g/mol. The molecule has 0 saturated heterocycles. The van der Waals surface area contributed by atoms with Crippen molar-refractivity contribution in [1.29, 1.82) is 0 Å². The molecule has 0 radical (unpaired) electrons. The first kappa shape index (κ1) is 11.9. The molecule has 2 nitrogen and oxygen atoms in total. The zero-order valence-corrected chi connectivity index (χ0v) is 10.4. The van der Waals surface area contributed by atoms with Gasteiger partial charge >= 0.3 is 0 Å². The summed E-state index contributed by atoms with van der Waals surface area (Å²) in [5.41, 5.74) is 2.69. The van der Waals surface area contributed by atoms with Crippen LogP contribution in [-0.2, 0) is 13.1 Å². The van der Waals surface area contributed by atoms with Gasteiger partial charge in [-0.25, -0.2) is 0 Å². The molecule has 0 aliphatic carbocycles. The molecule has 0 aliphatic rings. The van der Waals surface area contributed by atoms with Gasteiger partial charge in [-0.1, -0.05) is 31.2 Å². The first-order valence-electron chi connectivity index (χ1n) is 6.25. The average Bonchev–Trinajstić information content (AvgIpc) is 2.75. The van der Waals surface area contributed by atoms with Crippen molar-refractivity contribution < 1.29 is 0 Å². The Kier molecular flexibility index (Phi) is 3.99. The molecule has 2 heteroatoms. The van der Waals surface area contributed by atoms with Crippen molar-refractivity contribution in [3.05, 3.63) is 48.7 Å². The van der Waals surface area contributed by atoms with Crippen molar-refractivity contribution in [2.45, 2.75) is 26.4 Å². The Morgan fingerprint density at radius 2 is 2.24 bits per heavy atom. The predicted octanol–water partition coefficient (Wildman–Crippen LogP) is 3.33. The normalized spacial score (nSPS) is 10.9. The van der Waals surface area contributed by atoms with Crippen LogP contribution in [-0.4, -0.2) is 11.1 Å². The minimum Gasteiger partial charge on any atom is -0.343 e. The lowest BCUT2D eigenvalue weighted by Crippen LogP contribution is -2.14. The topological polar surface area (TPSA) is 17.0 Å². The van der Waals surface area contributed by atoms with Gasteiger partial charge in [-0.2, -0.15) is 0 Å². The second-order valence-electron chi connectivity index (χ2n) is 4.29. The number of nitrogens with one attached hydrogen (secondary N) is 1. The molecule has 17 heavy (non-hydrogen) atoms. The van der Waals surface area contributed by atoms with E-state index in [1.807, 2.05) is 6.08 Å². The van der Waals surface area contributed by atoms with Crippen LogP contribution in [0.1, 0.15) is 18.9 Å². The highest BCUT2D eigenvalue weighted by atomic mass is 15.0. The molecule has 0 saturated carbocycles. The third kappa shape index (κ3) is 2.59. The fourth-order valence-electron chi connectivity index (χ4n) is 2.17. The molecule has 2 rings (SSSR count). The van der Waals surface area contributed by atoms with E-state index in [0.29, 0.717) is 0 Å². The molecule has 0 aliphatic heterocycles. The van der Waals surface area contributed by atoms with E-state index in [-0.39, 0.29) is 0 Å². The summed E-state index contributed by atoms with van der Waals surface area (Å²) in [6.07, 6.45) is 5.25. The summed E-state index contributed by atoms with van der Waals surface area (Å²) in [5.74, 6) is 0. The van der Waals surface area contributed by atoms with Gasteiger partial charge in [0.05, 0.1) is 5.52 Å². The molecule has 0 unspecified atom stereocenters. The number of nitrogens with zero attached hydrogens (tertiary/aromatic N) is 1. The largest absolute Gasteiger partial charge is 0.343 e. The minimum absolute atomic E-state index is 0.869. The van der Waals surface area contributed by atoms with Crippen LogP contribution in [0.25, 0.3) is 10.9 Å². The molecule has 90 valence electrons. The molecule has 2 aromatic rings. The Bertz CT molecular complexity index is 497. The SMILES string of the molecule is C=CCn1ccc2cccc(CNCCC)c21. The van der Waals surface area contributed by atoms with Crippen LogP contribution in [0.5, 0.6) is 0 Å². The van der Waals surface area contributed by atoms with Crippen LogP contribution in [0.4, 0.5) is 0 Å². The third-order valence-electron chi connectivity index (χ3n) is 2.94. The van der Waals surface area contributed by atoms with E-state index < -0.39 is 0 Å². The highest BCUT2D eigenvalue weighted by Crippen LogP contribution is 2.20. The van der Waals surface area contributed by atoms with Crippen molar-refractivity contribution in [3.63, 3.8) is 0 Å². The number of benzene rings is 1. The van der Waals surface area contributed by atoms with Crippen LogP contribution in [0, 0.1) is 0 Å². The maximum absolute atomic E-state index is 3.81. The van der Waals surface area contributed by atoms with Crippen LogP contribution in [0.2, 0.25) is 0 Å². The van der Waals surface area contributed by atoms with Crippen LogP contribution < -0.4 is 5.32 Å². The third-order valence-corrected chi connectivity index (χ3v) is 2.94. The van der Waals surface area contributed by atoms with E-state index in [1.165, 1.54) is 22.9 Å². The summed E-state index contributed by atoms with van der Waals surface area (Å²) in [6.45, 7) is 8.87. The molecular formula is C15H20N2. The Morgan fingerprint density at radius 3 is 3.00 bits per heavy atom. The zero-order chi connectivity index (χ0) is 12.1. The second-order valence-corrected chi connectivity index (χ2v) is 4.29. The maximum atomic E-state index is 3.81. The lowest BCUT2D eigenvalue weighted by Gasteiger charge is -2.09. The van der Waals surface area contributed by atoms with Gasteiger partial charge in [-0.3, -0.25) is 0 Å². The fraction of sp³-hybridized carbons (Fsp3) is 0.333. The molecule has 0 spiro atoms. The van der Waals surface area contributed by atoms with Gasteiger partial charge in [-0.05, 0) is 30.0 Å². The number of hydrogen-bond acceptors (Lipinski definition) is 1. The summed E-state index contributed by atoms with van der Waals surface area (Å²) < 4.78 is 2.26. The Balaban J connectivity index is 2.32. The molecule has 0 atom stereocenters. The van der Waals surface area contributed by atoms with Crippen LogP contribution in [0.3, 0.4) is 0 Å².